The van der Waals surface area contributed by atoms with Crippen LogP contribution in [0.25, 0.3) is 0 Å². The van der Waals surface area contributed by atoms with Crippen molar-refractivity contribution in [2.75, 3.05) is 13.2 Å². The summed E-state index contributed by atoms with van der Waals surface area (Å²) in [5.41, 5.74) is -0.289. The van der Waals surface area contributed by atoms with E-state index in [1.807, 2.05) is 0 Å². The molecule has 0 bridgehead atoms. The summed E-state index contributed by atoms with van der Waals surface area (Å²) in [4.78, 5) is 15.7. The van der Waals surface area contributed by atoms with E-state index < -0.39 is 56.8 Å². The molecule has 0 amide bonds. The van der Waals surface area contributed by atoms with Crippen molar-refractivity contribution in [2.45, 2.75) is 44.4 Å². The van der Waals surface area contributed by atoms with E-state index in [4.69, 9.17) is 23.8 Å². The second-order valence-corrected chi connectivity index (χ2v) is 8.98. The molecule has 0 saturated carbocycles. The Balaban J connectivity index is 1.74. The highest BCUT2D eigenvalue weighted by Crippen LogP contribution is 2.46. The van der Waals surface area contributed by atoms with E-state index in [9.17, 15) is 24.7 Å². The molecule has 0 spiro atoms. The number of aliphatic hydroxyl groups excluding tert-OH is 2. The Labute approximate surface area is 195 Å². The summed E-state index contributed by atoms with van der Waals surface area (Å²) in [5.74, 6) is -1.05. The molecule has 1 aromatic carbocycles. The first-order valence-electron chi connectivity index (χ1n) is 10.3. The van der Waals surface area contributed by atoms with E-state index in [-0.39, 0.29) is 18.1 Å². The van der Waals surface area contributed by atoms with Crippen LogP contribution in [0.4, 0.5) is 0 Å². The standard InChI is InChI=1S/C20H25N4O9P/c1-3-30-20(28)12(2)23-34(29,33-13-7-5-4-6-8-13)31-10-15-16(25)17(26)19(32-15)24-11-22-14(9-21)18(24)27/h4-8,11-12,15-17,19,25-27H,3,10H2,1-2H3,(H,23,29)/t12-,15+,16+,17+,19+,34?/m0/s1. The summed E-state index contributed by atoms with van der Waals surface area (Å²) in [6.07, 6.45) is -4.46. The molecule has 2 heterocycles. The molecule has 14 heteroatoms. The van der Waals surface area contributed by atoms with Crippen LogP contribution >= 0.6 is 7.75 Å². The number of ether oxygens (including phenoxy) is 2. The molecule has 34 heavy (non-hydrogen) atoms. The quantitative estimate of drug-likeness (QED) is 0.268. The van der Waals surface area contributed by atoms with E-state index >= 15 is 0 Å². The SMILES string of the molecule is CCOC(=O)[C@H](C)NP(=O)(OC[C@H]1O[C@@H](n2cnc(C#N)c2O)[C@H](O)[C@@H]1O)Oc1ccccc1. The molecule has 1 aliphatic heterocycles. The summed E-state index contributed by atoms with van der Waals surface area (Å²) in [6.45, 7) is 2.63. The molecule has 4 N–H and O–H groups in total. The third-order valence-corrected chi connectivity index (χ3v) is 6.50. The molecule has 6 atom stereocenters. The fourth-order valence-electron chi connectivity index (χ4n) is 3.16. The van der Waals surface area contributed by atoms with Gasteiger partial charge in [-0.05, 0) is 26.0 Å². The lowest BCUT2D eigenvalue weighted by molar-refractivity contribution is -0.144. The highest BCUT2D eigenvalue weighted by molar-refractivity contribution is 7.52. The fourth-order valence-corrected chi connectivity index (χ4v) is 4.66. The highest BCUT2D eigenvalue weighted by Gasteiger charge is 2.46. The second kappa shape index (κ2) is 11.0. The molecule has 1 aliphatic rings. The number of para-hydroxylation sites is 1. The molecule has 0 radical (unpaired) electrons. The number of esters is 1. The molecular formula is C20H25N4O9P. The normalized spacial score (nSPS) is 24.7. The average molecular weight is 496 g/mol. The minimum Gasteiger partial charge on any atom is -0.492 e. The van der Waals surface area contributed by atoms with Crippen LogP contribution in [-0.4, -0.2) is 68.4 Å². The number of aliphatic hydroxyl groups is 2. The predicted molar refractivity (Wildman–Crippen MR) is 114 cm³/mol. The van der Waals surface area contributed by atoms with Crippen LogP contribution in [0, 0.1) is 11.3 Å². The van der Waals surface area contributed by atoms with Gasteiger partial charge in [-0.3, -0.25) is 13.9 Å². The number of carbonyl (C=O) groups excluding carboxylic acids is 1. The molecule has 1 fully saturated rings. The molecule has 1 aromatic heterocycles. The number of rotatable bonds is 10. The van der Waals surface area contributed by atoms with Crippen LogP contribution < -0.4 is 9.61 Å². The Kier molecular flexibility index (Phi) is 8.27. The third-order valence-electron chi connectivity index (χ3n) is 4.85. The van der Waals surface area contributed by atoms with Crippen molar-refractivity contribution in [3.8, 4) is 17.7 Å². The van der Waals surface area contributed by atoms with Crippen LogP contribution in [0.15, 0.2) is 36.7 Å². The van der Waals surface area contributed by atoms with Gasteiger partial charge in [-0.15, -0.1) is 0 Å². The number of hydrogen-bond donors (Lipinski definition) is 4. The number of hydrogen-bond acceptors (Lipinski definition) is 11. The van der Waals surface area contributed by atoms with Gasteiger partial charge in [-0.25, -0.2) is 9.55 Å². The minimum atomic E-state index is -4.21. The number of nitrogens with zero attached hydrogens (tertiary/aromatic N) is 3. The van der Waals surface area contributed by atoms with Crippen LogP contribution in [0.5, 0.6) is 11.6 Å². The number of benzene rings is 1. The molecule has 1 unspecified atom stereocenters. The topological polar surface area (TPSA) is 185 Å². The van der Waals surface area contributed by atoms with Crippen LogP contribution in [0.2, 0.25) is 0 Å². The first-order valence-corrected chi connectivity index (χ1v) is 11.8. The molecule has 0 aliphatic carbocycles. The van der Waals surface area contributed by atoms with E-state index in [1.54, 1.807) is 31.2 Å². The predicted octanol–water partition coefficient (Wildman–Crippen LogP) is 0.824. The van der Waals surface area contributed by atoms with Crippen molar-refractivity contribution in [2.24, 2.45) is 0 Å². The van der Waals surface area contributed by atoms with Crippen molar-refractivity contribution in [1.29, 1.82) is 5.26 Å². The van der Waals surface area contributed by atoms with E-state index in [0.29, 0.717) is 0 Å². The van der Waals surface area contributed by atoms with Gasteiger partial charge in [0, 0.05) is 0 Å². The van der Waals surface area contributed by atoms with Crippen molar-refractivity contribution < 1.29 is 43.2 Å². The van der Waals surface area contributed by atoms with Gasteiger partial charge in [0.1, 0.15) is 42.5 Å². The number of nitriles is 1. The van der Waals surface area contributed by atoms with Gasteiger partial charge in [-0.1, -0.05) is 18.2 Å². The molecule has 3 rings (SSSR count). The van der Waals surface area contributed by atoms with Gasteiger partial charge in [0.25, 0.3) is 0 Å². The number of aromatic nitrogens is 2. The number of imidazole rings is 1. The Morgan fingerprint density at radius 2 is 2.06 bits per heavy atom. The smallest absolute Gasteiger partial charge is 0.459 e. The molecule has 1 saturated heterocycles. The zero-order chi connectivity index (χ0) is 24.9. The maximum absolute atomic E-state index is 13.4. The molecule has 2 aromatic rings. The van der Waals surface area contributed by atoms with Gasteiger partial charge in [0.2, 0.25) is 11.6 Å². The van der Waals surface area contributed by atoms with E-state index in [1.165, 1.54) is 19.1 Å². The summed E-state index contributed by atoms with van der Waals surface area (Å²) in [6, 6.07) is 8.69. The monoisotopic (exact) mass is 496 g/mol. The van der Waals surface area contributed by atoms with Crippen LogP contribution in [-0.2, 0) is 23.4 Å². The highest BCUT2D eigenvalue weighted by atomic mass is 31.2. The zero-order valence-electron chi connectivity index (χ0n) is 18.3. The van der Waals surface area contributed by atoms with E-state index in [0.717, 1.165) is 10.9 Å². The Hall–Kier alpha value is -2.98. The maximum Gasteiger partial charge on any atom is 0.459 e. The number of nitrogens with one attached hydrogen (secondary N) is 1. The van der Waals surface area contributed by atoms with E-state index in [2.05, 4.69) is 10.1 Å². The molecule has 184 valence electrons. The first kappa shape index (κ1) is 25.6. The Bertz CT molecular complexity index is 1070. The number of aromatic hydroxyl groups is 1. The van der Waals surface area contributed by atoms with Gasteiger partial charge < -0.3 is 29.3 Å². The lowest BCUT2D eigenvalue weighted by Gasteiger charge is -2.24. The van der Waals surface area contributed by atoms with Gasteiger partial charge >= 0.3 is 13.7 Å². The zero-order valence-corrected chi connectivity index (χ0v) is 19.2. The summed E-state index contributed by atoms with van der Waals surface area (Å²) in [5, 5.41) is 42.3. The number of carbonyl (C=O) groups is 1. The third kappa shape index (κ3) is 5.74. The summed E-state index contributed by atoms with van der Waals surface area (Å²) < 4.78 is 35.9. The Morgan fingerprint density at radius 3 is 2.68 bits per heavy atom. The lowest BCUT2D eigenvalue weighted by Crippen LogP contribution is -2.37. The summed E-state index contributed by atoms with van der Waals surface area (Å²) in [7, 11) is -4.21. The second-order valence-electron chi connectivity index (χ2n) is 7.28. The largest absolute Gasteiger partial charge is 0.492 e. The van der Waals surface area contributed by atoms with Crippen molar-refractivity contribution in [3.05, 3.63) is 42.4 Å². The first-order chi connectivity index (χ1) is 16.2. The minimum absolute atomic E-state index is 0.117. The lowest BCUT2D eigenvalue weighted by atomic mass is 10.1. The average Bonchev–Trinajstić information content (AvgIpc) is 3.32. The Morgan fingerprint density at radius 1 is 1.35 bits per heavy atom. The van der Waals surface area contributed by atoms with Gasteiger partial charge in [0.05, 0.1) is 13.2 Å². The fraction of sp³-hybridized carbons (Fsp3) is 0.450. The van der Waals surface area contributed by atoms with Gasteiger partial charge in [-0.2, -0.15) is 10.3 Å². The van der Waals surface area contributed by atoms with Crippen molar-refractivity contribution in [3.63, 3.8) is 0 Å². The molecular weight excluding hydrogens is 471 g/mol. The maximum atomic E-state index is 13.4. The summed E-state index contributed by atoms with van der Waals surface area (Å²) >= 11 is 0. The van der Waals surface area contributed by atoms with Crippen LogP contribution in [0.3, 0.4) is 0 Å². The van der Waals surface area contributed by atoms with Gasteiger partial charge in [0.15, 0.2) is 6.23 Å². The van der Waals surface area contributed by atoms with Crippen LogP contribution in [0.1, 0.15) is 25.8 Å². The van der Waals surface area contributed by atoms with Crippen molar-refractivity contribution >= 4 is 13.7 Å². The molecule has 13 nitrogen and oxygen atoms in total. The van der Waals surface area contributed by atoms with Crippen molar-refractivity contribution in [1.82, 2.24) is 14.6 Å².